The van der Waals surface area contributed by atoms with Gasteiger partial charge in [0, 0.05) is 49.2 Å². The molecule has 30 heavy (non-hydrogen) atoms. The van der Waals surface area contributed by atoms with E-state index in [1.807, 2.05) is 36.7 Å². The molecule has 0 spiro atoms. The molecule has 4 heterocycles. The first kappa shape index (κ1) is 18.6. The van der Waals surface area contributed by atoms with Crippen LogP contribution in [0.1, 0.15) is 30.5 Å². The topological polar surface area (TPSA) is 77.7 Å². The fraction of sp³-hybridized carbons (Fsp3) is 0.292. The van der Waals surface area contributed by atoms with E-state index in [4.69, 9.17) is 0 Å². The Kier molecular flexibility index (Phi) is 4.61. The van der Waals surface area contributed by atoms with E-state index < -0.39 is 0 Å². The van der Waals surface area contributed by atoms with Crippen LogP contribution >= 0.6 is 0 Å². The number of nitrogens with one attached hydrogen (secondary N) is 1. The molecule has 2 atom stereocenters. The number of likely N-dealkylation sites (tertiary alicyclic amines) is 1. The third-order valence-corrected chi connectivity index (χ3v) is 6.29. The highest BCUT2D eigenvalue weighted by Gasteiger charge is 2.28. The zero-order valence-corrected chi connectivity index (χ0v) is 16.9. The normalized spacial score (nSPS) is 19.9. The Morgan fingerprint density at radius 2 is 2.17 bits per heavy atom. The molecule has 6 heteroatoms. The molecule has 0 amide bonds. The second kappa shape index (κ2) is 7.43. The summed E-state index contributed by atoms with van der Waals surface area (Å²) in [6.45, 7) is 5.02. The Balaban J connectivity index is 1.53. The smallest absolute Gasteiger partial charge is 0.190 e. The van der Waals surface area contributed by atoms with Gasteiger partial charge in [0.05, 0.1) is 22.5 Å². The monoisotopic (exact) mass is 397 g/mol. The number of pyridine rings is 2. The molecule has 1 N–H and O–H groups in total. The van der Waals surface area contributed by atoms with Crippen molar-refractivity contribution in [3.8, 4) is 6.07 Å². The van der Waals surface area contributed by atoms with E-state index >= 15 is 0 Å². The predicted molar refractivity (Wildman–Crippen MR) is 117 cm³/mol. The Hall–Kier alpha value is -3.43. The third kappa shape index (κ3) is 3.17. The predicted octanol–water partition coefficient (Wildman–Crippen LogP) is 3.83. The number of hydrogen-bond donors (Lipinski definition) is 1. The van der Waals surface area contributed by atoms with Gasteiger partial charge in [0.25, 0.3) is 0 Å². The highest BCUT2D eigenvalue weighted by molar-refractivity contribution is 6.02. The number of aromatic nitrogens is 3. The summed E-state index contributed by atoms with van der Waals surface area (Å²) in [5, 5.41) is 10.8. The number of benzene rings is 1. The average molecular weight is 397 g/mol. The summed E-state index contributed by atoms with van der Waals surface area (Å²) in [6, 6.07) is 14.0. The molecule has 150 valence electrons. The Labute approximate surface area is 174 Å². The number of rotatable bonds is 3. The minimum absolute atomic E-state index is 0.00508. The first-order chi connectivity index (χ1) is 14.6. The van der Waals surface area contributed by atoms with Crippen LogP contribution in [-0.2, 0) is 6.54 Å². The molecular formula is C24H23N5O. The quantitative estimate of drug-likeness (QED) is 0.570. The summed E-state index contributed by atoms with van der Waals surface area (Å²) in [4.78, 5) is 22.5. The van der Waals surface area contributed by atoms with E-state index in [-0.39, 0.29) is 11.5 Å². The molecule has 1 aliphatic rings. The maximum Gasteiger partial charge on any atom is 0.190 e. The van der Waals surface area contributed by atoms with Crippen LogP contribution in [0.2, 0.25) is 0 Å². The second-order valence-electron chi connectivity index (χ2n) is 8.23. The lowest BCUT2D eigenvalue weighted by Crippen LogP contribution is -2.40. The molecule has 0 radical (unpaired) electrons. The first-order valence-electron chi connectivity index (χ1n) is 10.3. The van der Waals surface area contributed by atoms with Gasteiger partial charge in [-0.05, 0) is 42.6 Å². The number of H-pyrrole nitrogens is 1. The molecule has 1 aliphatic heterocycles. The van der Waals surface area contributed by atoms with Gasteiger partial charge in [0.1, 0.15) is 5.65 Å². The van der Waals surface area contributed by atoms with Crippen LogP contribution < -0.4 is 5.43 Å². The van der Waals surface area contributed by atoms with Gasteiger partial charge < -0.3 is 9.55 Å². The molecule has 5 rings (SSSR count). The van der Waals surface area contributed by atoms with E-state index in [9.17, 15) is 10.1 Å². The van der Waals surface area contributed by atoms with Gasteiger partial charge in [-0.15, -0.1) is 0 Å². The molecule has 1 saturated heterocycles. The van der Waals surface area contributed by atoms with Crippen molar-refractivity contribution in [2.45, 2.75) is 25.9 Å². The van der Waals surface area contributed by atoms with E-state index in [0.29, 0.717) is 16.9 Å². The van der Waals surface area contributed by atoms with Gasteiger partial charge in [0.2, 0.25) is 0 Å². The van der Waals surface area contributed by atoms with Crippen LogP contribution in [0, 0.1) is 17.2 Å². The first-order valence-corrected chi connectivity index (χ1v) is 10.3. The largest absolute Gasteiger partial charge is 0.346 e. The van der Waals surface area contributed by atoms with Gasteiger partial charge in [-0.2, -0.15) is 5.26 Å². The van der Waals surface area contributed by atoms with Crippen molar-refractivity contribution < 1.29 is 0 Å². The van der Waals surface area contributed by atoms with Crippen LogP contribution in [-0.4, -0.2) is 32.5 Å². The fourth-order valence-electron chi connectivity index (χ4n) is 4.66. The highest BCUT2D eigenvalue weighted by Crippen LogP contribution is 2.32. The summed E-state index contributed by atoms with van der Waals surface area (Å²) >= 11 is 0. The van der Waals surface area contributed by atoms with Crippen molar-refractivity contribution in [2.75, 3.05) is 13.1 Å². The van der Waals surface area contributed by atoms with Gasteiger partial charge >= 0.3 is 0 Å². The molecule has 0 unspecified atom stereocenters. The molecular weight excluding hydrogens is 374 g/mol. The SMILES string of the molecule is C[C@@H]1CCN(Cc2cccc(C#N)c2)C[C@@H]1n1ccc(=O)c2cnc3[nH]ccc3c21. The van der Waals surface area contributed by atoms with Crippen molar-refractivity contribution in [3.63, 3.8) is 0 Å². The number of nitrogens with zero attached hydrogens (tertiary/aromatic N) is 4. The summed E-state index contributed by atoms with van der Waals surface area (Å²) in [5.74, 6) is 0.486. The highest BCUT2D eigenvalue weighted by atomic mass is 16.1. The molecule has 1 aromatic carbocycles. The van der Waals surface area contributed by atoms with Crippen LogP contribution in [0.3, 0.4) is 0 Å². The minimum Gasteiger partial charge on any atom is -0.346 e. The van der Waals surface area contributed by atoms with Gasteiger partial charge in [-0.25, -0.2) is 4.98 Å². The Morgan fingerprint density at radius 3 is 3.03 bits per heavy atom. The lowest BCUT2D eigenvalue weighted by molar-refractivity contribution is 0.128. The fourth-order valence-corrected chi connectivity index (χ4v) is 4.66. The molecule has 0 aliphatic carbocycles. The van der Waals surface area contributed by atoms with E-state index in [0.717, 1.165) is 48.2 Å². The van der Waals surface area contributed by atoms with Crippen LogP contribution in [0.4, 0.5) is 0 Å². The van der Waals surface area contributed by atoms with Crippen LogP contribution in [0.25, 0.3) is 21.9 Å². The van der Waals surface area contributed by atoms with E-state index in [1.54, 1.807) is 12.3 Å². The number of hydrogen-bond acceptors (Lipinski definition) is 4. The number of fused-ring (bicyclic) bond motifs is 3. The van der Waals surface area contributed by atoms with Crippen molar-refractivity contribution in [2.24, 2.45) is 5.92 Å². The van der Waals surface area contributed by atoms with E-state index in [1.165, 1.54) is 0 Å². The minimum atomic E-state index is 0.00508. The summed E-state index contributed by atoms with van der Waals surface area (Å²) in [5.41, 5.74) is 3.62. The molecule has 1 fully saturated rings. The summed E-state index contributed by atoms with van der Waals surface area (Å²) < 4.78 is 2.27. The van der Waals surface area contributed by atoms with Gasteiger partial charge in [-0.1, -0.05) is 19.1 Å². The molecule has 6 nitrogen and oxygen atoms in total. The van der Waals surface area contributed by atoms with Crippen LogP contribution in [0.15, 0.2) is 59.8 Å². The van der Waals surface area contributed by atoms with Crippen molar-refractivity contribution in [1.82, 2.24) is 19.4 Å². The zero-order valence-electron chi connectivity index (χ0n) is 16.9. The molecule has 4 aromatic rings. The lowest BCUT2D eigenvalue weighted by atomic mass is 9.92. The van der Waals surface area contributed by atoms with Gasteiger partial charge in [0.15, 0.2) is 5.43 Å². The maximum absolute atomic E-state index is 12.5. The lowest BCUT2D eigenvalue weighted by Gasteiger charge is -2.39. The zero-order chi connectivity index (χ0) is 20.7. The summed E-state index contributed by atoms with van der Waals surface area (Å²) in [7, 11) is 0. The van der Waals surface area contributed by atoms with Gasteiger partial charge in [-0.3, -0.25) is 9.69 Å². The van der Waals surface area contributed by atoms with Crippen molar-refractivity contribution in [3.05, 3.63) is 76.3 Å². The number of nitriles is 1. The Bertz CT molecular complexity index is 1330. The Morgan fingerprint density at radius 1 is 1.27 bits per heavy atom. The third-order valence-electron chi connectivity index (χ3n) is 6.29. The summed E-state index contributed by atoms with van der Waals surface area (Å²) in [6.07, 6.45) is 6.58. The van der Waals surface area contributed by atoms with Crippen molar-refractivity contribution >= 4 is 21.9 Å². The van der Waals surface area contributed by atoms with E-state index in [2.05, 4.69) is 38.5 Å². The molecule has 0 saturated carbocycles. The standard InChI is InChI=1S/C24H23N5O/c1-16-6-9-28(14-18-4-2-3-17(11-18)12-25)15-21(16)29-10-7-22(30)20-13-27-24-19(23(20)29)5-8-26-24/h2-5,7-8,10-11,13,16,21H,6,9,14-15H2,1H3,(H,26,27)/t16-,21+/m1/s1. The number of aromatic amines is 1. The van der Waals surface area contributed by atoms with Crippen molar-refractivity contribution in [1.29, 1.82) is 5.26 Å². The molecule has 3 aromatic heterocycles. The number of piperidine rings is 1. The maximum atomic E-state index is 12.5. The second-order valence-corrected chi connectivity index (χ2v) is 8.23. The molecule has 0 bridgehead atoms. The average Bonchev–Trinajstić information content (AvgIpc) is 3.25. The van der Waals surface area contributed by atoms with Crippen LogP contribution in [0.5, 0.6) is 0 Å².